The molecule has 0 aliphatic carbocycles. The number of aromatic nitrogens is 1. The summed E-state index contributed by atoms with van der Waals surface area (Å²) in [4.78, 5) is 0. The van der Waals surface area contributed by atoms with Crippen molar-refractivity contribution in [2.45, 2.75) is 25.6 Å². The molecule has 0 saturated heterocycles. The second-order valence-corrected chi connectivity index (χ2v) is 5.49. The van der Waals surface area contributed by atoms with Gasteiger partial charge >= 0.3 is 0 Å². The summed E-state index contributed by atoms with van der Waals surface area (Å²) in [5.74, 6) is 0. The number of fused-ring (bicyclic) bond motifs is 3. The second-order valence-electron chi connectivity index (χ2n) is 4.71. The van der Waals surface area contributed by atoms with Crippen molar-refractivity contribution >= 4 is 34.4 Å². The quantitative estimate of drug-likeness (QED) is 0.627. The normalized spacial score (nSPS) is 13.3. The molecule has 3 aromatic rings. The van der Waals surface area contributed by atoms with E-state index in [9.17, 15) is 0 Å². The molecule has 92 valence electrons. The summed E-state index contributed by atoms with van der Waals surface area (Å²) in [6.45, 7) is 5.31. The van der Waals surface area contributed by atoms with E-state index in [0.29, 0.717) is 0 Å². The van der Waals surface area contributed by atoms with Crippen LogP contribution in [0.3, 0.4) is 0 Å². The van der Waals surface area contributed by atoms with Crippen LogP contribution in [0.1, 0.15) is 24.7 Å². The Morgan fingerprint density at radius 3 is 2.50 bits per heavy atom. The van der Waals surface area contributed by atoms with Crippen LogP contribution in [0.5, 0.6) is 0 Å². The van der Waals surface area contributed by atoms with Crippen molar-refractivity contribution in [1.29, 1.82) is 0 Å². The van der Waals surface area contributed by atoms with Crippen molar-refractivity contribution in [3.63, 3.8) is 0 Å². The van der Waals surface area contributed by atoms with E-state index >= 15 is 0 Å². The Kier molecular flexibility index (Phi) is 2.83. The third kappa shape index (κ3) is 1.64. The third-order valence-electron chi connectivity index (χ3n) is 3.60. The minimum atomic E-state index is 0.276. The molecule has 0 amide bonds. The Morgan fingerprint density at radius 1 is 1.06 bits per heavy atom. The van der Waals surface area contributed by atoms with Crippen LogP contribution in [0.2, 0.25) is 0 Å². The van der Waals surface area contributed by atoms with Gasteiger partial charge < -0.3 is 4.57 Å². The van der Waals surface area contributed by atoms with Gasteiger partial charge in [0.25, 0.3) is 0 Å². The first-order valence-electron chi connectivity index (χ1n) is 6.41. The molecule has 0 radical (unpaired) electrons. The van der Waals surface area contributed by atoms with Gasteiger partial charge in [-0.1, -0.05) is 24.3 Å². The highest BCUT2D eigenvalue weighted by Gasteiger charge is 2.10. The van der Waals surface area contributed by atoms with E-state index in [1.54, 1.807) is 0 Å². The van der Waals surface area contributed by atoms with Crippen LogP contribution in [0.25, 0.3) is 21.8 Å². The molecule has 1 unspecified atom stereocenters. The lowest BCUT2D eigenvalue weighted by molar-refractivity contribution is 0.827. The molecule has 18 heavy (non-hydrogen) atoms. The lowest BCUT2D eigenvalue weighted by Gasteiger charge is -2.06. The number of nitrogens with zero attached hydrogens (tertiary/aromatic N) is 1. The first-order valence-corrected chi connectivity index (χ1v) is 6.93. The number of thiol groups is 1. The zero-order valence-corrected chi connectivity index (χ0v) is 11.6. The topological polar surface area (TPSA) is 4.93 Å². The van der Waals surface area contributed by atoms with Crippen molar-refractivity contribution in [3.8, 4) is 0 Å². The fraction of sp³-hybridized carbons (Fsp3) is 0.250. The van der Waals surface area contributed by atoms with Crippen molar-refractivity contribution in [1.82, 2.24) is 4.57 Å². The molecule has 0 fully saturated rings. The van der Waals surface area contributed by atoms with Gasteiger partial charge in [-0.05, 0) is 37.6 Å². The zero-order chi connectivity index (χ0) is 12.7. The van der Waals surface area contributed by atoms with Crippen LogP contribution in [-0.2, 0) is 6.54 Å². The Labute approximate surface area is 113 Å². The Bertz CT molecular complexity index is 710. The van der Waals surface area contributed by atoms with E-state index in [-0.39, 0.29) is 5.25 Å². The van der Waals surface area contributed by atoms with E-state index in [2.05, 4.69) is 73.5 Å². The highest BCUT2D eigenvalue weighted by atomic mass is 32.1. The van der Waals surface area contributed by atoms with E-state index in [1.165, 1.54) is 27.4 Å². The monoisotopic (exact) mass is 255 g/mol. The molecule has 1 nitrogen and oxygen atoms in total. The molecule has 0 bridgehead atoms. The maximum Gasteiger partial charge on any atom is 0.0491 e. The predicted molar refractivity (Wildman–Crippen MR) is 82.5 cm³/mol. The molecule has 0 aliphatic rings. The average molecular weight is 255 g/mol. The summed E-state index contributed by atoms with van der Waals surface area (Å²) in [6, 6.07) is 15.3. The van der Waals surface area contributed by atoms with Gasteiger partial charge in [0.15, 0.2) is 0 Å². The second kappa shape index (κ2) is 4.36. The van der Waals surface area contributed by atoms with Crippen LogP contribution < -0.4 is 0 Å². The molecule has 0 aliphatic heterocycles. The summed E-state index contributed by atoms with van der Waals surface area (Å²) >= 11 is 4.53. The molecular formula is C16H17NS. The SMILES string of the molecule is CCn1c2ccccc2c2cc(C(C)S)ccc21. The number of benzene rings is 2. The summed E-state index contributed by atoms with van der Waals surface area (Å²) in [5, 5.41) is 2.95. The average Bonchev–Trinajstić information content (AvgIpc) is 2.71. The Hall–Kier alpha value is -1.41. The largest absolute Gasteiger partial charge is 0.341 e. The van der Waals surface area contributed by atoms with E-state index in [0.717, 1.165) is 6.54 Å². The molecule has 1 heterocycles. The smallest absolute Gasteiger partial charge is 0.0491 e. The van der Waals surface area contributed by atoms with Crippen LogP contribution in [0, 0.1) is 0 Å². The van der Waals surface area contributed by atoms with Crippen LogP contribution in [0.4, 0.5) is 0 Å². The first-order chi connectivity index (χ1) is 8.72. The summed E-state index contributed by atoms with van der Waals surface area (Å²) in [5.41, 5.74) is 3.92. The lowest BCUT2D eigenvalue weighted by Crippen LogP contribution is -1.93. The molecule has 0 N–H and O–H groups in total. The van der Waals surface area contributed by atoms with E-state index < -0.39 is 0 Å². The summed E-state index contributed by atoms with van der Waals surface area (Å²) in [6.07, 6.45) is 0. The number of rotatable bonds is 2. The van der Waals surface area contributed by atoms with Gasteiger partial charge in [0.1, 0.15) is 0 Å². The fourth-order valence-corrected chi connectivity index (χ4v) is 2.83. The molecule has 2 aromatic carbocycles. The standard InChI is InChI=1S/C16H17NS/c1-3-17-15-7-5-4-6-13(15)14-10-12(11(2)18)8-9-16(14)17/h4-11,18H,3H2,1-2H3. The first kappa shape index (κ1) is 11.7. The number of aryl methyl sites for hydroxylation is 1. The van der Waals surface area contributed by atoms with Gasteiger partial charge in [-0.15, -0.1) is 0 Å². The van der Waals surface area contributed by atoms with Crippen molar-refractivity contribution in [2.24, 2.45) is 0 Å². The summed E-state index contributed by atoms with van der Waals surface area (Å²) in [7, 11) is 0. The molecule has 3 rings (SSSR count). The van der Waals surface area contributed by atoms with Gasteiger partial charge in [0, 0.05) is 33.6 Å². The molecular weight excluding hydrogens is 238 g/mol. The highest BCUT2D eigenvalue weighted by Crippen LogP contribution is 2.31. The molecule has 2 heteroatoms. The van der Waals surface area contributed by atoms with Crippen LogP contribution in [0.15, 0.2) is 42.5 Å². The van der Waals surface area contributed by atoms with Crippen molar-refractivity contribution in [2.75, 3.05) is 0 Å². The Morgan fingerprint density at radius 2 is 1.78 bits per heavy atom. The zero-order valence-electron chi connectivity index (χ0n) is 10.7. The van der Waals surface area contributed by atoms with Gasteiger partial charge in [-0.3, -0.25) is 0 Å². The van der Waals surface area contributed by atoms with Gasteiger partial charge in [0.2, 0.25) is 0 Å². The number of para-hydroxylation sites is 1. The maximum absolute atomic E-state index is 4.53. The third-order valence-corrected chi connectivity index (χ3v) is 3.89. The van der Waals surface area contributed by atoms with Crippen molar-refractivity contribution in [3.05, 3.63) is 48.0 Å². The number of hydrogen-bond acceptors (Lipinski definition) is 1. The van der Waals surface area contributed by atoms with E-state index in [1.807, 2.05) is 0 Å². The minimum Gasteiger partial charge on any atom is -0.341 e. The minimum absolute atomic E-state index is 0.276. The van der Waals surface area contributed by atoms with Crippen molar-refractivity contribution < 1.29 is 0 Å². The van der Waals surface area contributed by atoms with Crippen LogP contribution in [-0.4, -0.2) is 4.57 Å². The summed E-state index contributed by atoms with van der Waals surface area (Å²) < 4.78 is 2.37. The predicted octanol–water partition coefficient (Wildman–Crippen LogP) is 4.81. The highest BCUT2D eigenvalue weighted by molar-refractivity contribution is 7.80. The van der Waals surface area contributed by atoms with E-state index in [4.69, 9.17) is 0 Å². The Balaban J connectivity index is 2.45. The fourth-order valence-electron chi connectivity index (χ4n) is 2.67. The van der Waals surface area contributed by atoms with Gasteiger partial charge in [0.05, 0.1) is 0 Å². The molecule has 1 aromatic heterocycles. The molecule has 0 saturated carbocycles. The maximum atomic E-state index is 4.53. The molecule has 0 spiro atoms. The lowest BCUT2D eigenvalue weighted by atomic mass is 10.1. The van der Waals surface area contributed by atoms with Crippen LogP contribution >= 0.6 is 12.6 Å². The van der Waals surface area contributed by atoms with Gasteiger partial charge in [-0.25, -0.2) is 0 Å². The molecule has 1 atom stereocenters. The number of hydrogen-bond donors (Lipinski definition) is 1. The van der Waals surface area contributed by atoms with Gasteiger partial charge in [-0.2, -0.15) is 12.6 Å².